The molecule has 0 saturated heterocycles. The van der Waals surface area contributed by atoms with Crippen molar-refractivity contribution in [2.24, 2.45) is 0 Å². The fourth-order valence-electron chi connectivity index (χ4n) is 11.8. The SMILES string of the molecule is CC1(C)c2ccccc2-c2cc(N(c3ccc(-c4ccccc4)cc3)c3cc(-c4ccc5cccc6c5c4Oc4cc(-c5cccc(N(c7ccccc7)c7ccccc7)c5)ccc4-6)cc4ccccc34)ccc21. The molecule has 0 amide bonds. The maximum atomic E-state index is 7.33. The van der Waals surface area contributed by atoms with Crippen LogP contribution in [0.3, 0.4) is 0 Å². The maximum absolute atomic E-state index is 7.33. The average molecular weight is 947 g/mol. The summed E-state index contributed by atoms with van der Waals surface area (Å²) in [5.74, 6) is 1.71. The molecular weight excluding hydrogens is 897 g/mol. The van der Waals surface area contributed by atoms with Crippen LogP contribution < -0.4 is 14.5 Å². The maximum Gasteiger partial charge on any atom is 0.143 e. The lowest BCUT2D eigenvalue weighted by molar-refractivity contribution is 0.489. The Bertz CT molecular complexity index is 4090. The third-order valence-electron chi connectivity index (χ3n) is 15.4. The molecule has 12 aromatic carbocycles. The molecule has 2 aliphatic rings. The quantitative estimate of drug-likeness (QED) is 0.143. The number of anilines is 6. The molecule has 0 aromatic heterocycles. The van der Waals surface area contributed by atoms with Gasteiger partial charge >= 0.3 is 0 Å². The molecule has 0 bridgehead atoms. The molecule has 0 atom stereocenters. The van der Waals surface area contributed by atoms with Gasteiger partial charge in [0, 0.05) is 55.8 Å². The van der Waals surface area contributed by atoms with Crippen LogP contribution in [0.1, 0.15) is 25.0 Å². The van der Waals surface area contributed by atoms with Gasteiger partial charge in [-0.25, -0.2) is 0 Å². The van der Waals surface area contributed by atoms with Crippen molar-refractivity contribution in [3.05, 3.63) is 278 Å². The first-order valence-electron chi connectivity index (χ1n) is 25.6. The first kappa shape index (κ1) is 43.4. The van der Waals surface area contributed by atoms with E-state index in [0.717, 1.165) is 95.0 Å². The summed E-state index contributed by atoms with van der Waals surface area (Å²) in [6.07, 6.45) is 0. The van der Waals surface area contributed by atoms with E-state index in [1.165, 1.54) is 38.9 Å². The number of hydrogen-bond donors (Lipinski definition) is 0. The molecule has 1 aliphatic carbocycles. The van der Waals surface area contributed by atoms with Crippen molar-refractivity contribution in [3.8, 4) is 67.1 Å². The molecule has 74 heavy (non-hydrogen) atoms. The summed E-state index contributed by atoms with van der Waals surface area (Å²) in [6, 6.07) is 97.0. The molecule has 1 aliphatic heterocycles. The van der Waals surface area contributed by atoms with Gasteiger partial charge in [-0.15, -0.1) is 0 Å². The lowest BCUT2D eigenvalue weighted by atomic mass is 9.82. The van der Waals surface area contributed by atoms with E-state index >= 15 is 0 Å². The molecule has 0 radical (unpaired) electrons. The molecule has 3 nitrogen and oxygen atoms in total. The minimum absolute atomic E-state index is 0.106. The van der Waals surface area contributed by atoms with E-state index in [1.807, 2.05) is 0 Å². The molecular formula is C71H50N2O. The normalized spacial score (nSPS) is 12.7. The number of hydrogen-bond acceptors (Lipinski definition) is 3. The van der Waals surface area contributed by atoms with Crippen LogP contribution in [0, 0.1) is 0 Å². The fourth-order valence-corrected chi connectivity index (χ4v) is 11.8. The summed E-state index contributed by atoms with van der Waals surface area (Å²) in [5.41, 5.74) is 20.7. The molecule has 0 unspecified atom stereocenters. The number of benzene rings is 12. The molecule has 0 saturated carbocycles. The van der Waals surface area contributed by atoms with E-state index in [-0.39, 0.29) is 5.41 Å². The summed E-state index contributed by atoms with van der Waals surface area (Å²) in [5, 5.41) is 4.58. The van der Waals surface area contributed by atoms with E-state index in [4.69, 9.17) is 4.74 Å². The Morgan fingerprint density at radius 1 is 0.311 bits per heavy atom. The second kappa shape index (κ2) is 17.4. The van der Waals surface area contributed by atoms with Crippen LogP contribution in [0.4, 0.5) is 34.1 Å². The van der Waals surface area contributed by atoms with Crippen molar-refractivity contribution in [3.63, 3.8) is 0 Å². The molecule has 12 aromatic rings. The van der Waals surface area contributed by atoms with Crippen LogP contribution in [0.5, 0.6) is 11.5 Å². The van der Waals surface area contributed by atoms with Crippen LogP contribution in [0.15, 0.2) is 267 Å². The monoisotopic (exact) mass is 946 g/mol. The standard InChI is InChI=1S/C71H50N2O/c1-71(2)65-31-15-14-29-61(65)64-46-58(38-41-66(64)71)73(56-36-32-48(33-37-56)47-18-6-3-7-19-47)67-44-53(42-52-20-12-13-28-59(52)67)60-39-34-49-21-17-30-63-62-40-35-51(45-68(62)74-70(60)69(49)63)50-22-16-27-57(43-50)72(54-23-8-4-9-24-54)55-25-10-5-11-26-55/h3-46H,1-2H3. The Hall–Kier alpha value is -9.44. The van der Waals surface area contributed by atoms with E-state index in [2.05, 4.69) is 291 Å². The zero-order valence-electron chi connectivity index (χ0n) is 41.2. The Balaban J connectivity index is 0.915. The van der Waals surface area contributed by atoms with Gasteiger partial charge in [-0.3, -0.25) is 0 Å². The van der Waals surface area contributed by atoms with Crippen LogP contribution in [0.25, 0.3) is 77.2 Å². The predicted molar refractivity (Wildman–Crippen MR) is 310 cm³/mol. The highest BCUT2D eigenvalue weighted by atomic mass is 16.5. The van der Waals surface area contributed by atoms with Crippen molar-refractivity contribution in [1.29, 1.82) is 0 Å². The van der Waals surface area contributed by atoms with Gasteiger partial charge in [0.1, 0.15) is 11.5 Å². The average Bonchev–Trinajstić information content (AvgIpc) is 3.69. The van der Waals surface area contributed by atoms with E-state index < -0.39 is 0 Å². The Kier molecular flexibility index (Phi) is 10.2. The lowest BCUT2D eigenvalue weighted by Gasteiger charge is -2.29. The topological polar surface area (TPSA) is 15.7 Å². The molecule has 0 spiro atoms. The van der Waals surface area contributed by atoms with Gasteiger partial charge < -0.3 is 14.5 Å². The van der Waals surface area contributed by atoms with Gasteiger partial charge in [0.2, 0.25) is 0 Å². The number of nitrogens with zero attached hydrogens (tertiary/aromatic N) is 2. The number of ether oxygens (including phenoxy) is 1. The number of rotatable bonds is 9. The summed E-state index contributed by atoms with van der Waals surface area (Å²) in [6.45, 7) is 4.70. The minimum Gasteiger partial charge on any atom is -0.455 e. The summed E-state index contributed by atoms with van der Waals surface area (Å²) < 4.78 is 7.33. The Morgan fingerprint density at radius 2 is 0.865 bits per heavy atom. The highest BCUT2D eigenvalue weighted by molar-refractivity contribution is 6.10. The van der Waals surface area contributed by atoms with Crippen molar-refractivity contribution in [2.75, 3.05) is 9.80 Å². The summed E-state index contributed by atoms with van der Waals surface area (Å²) in [4.78, 5) is 4.77. The van der Waals surface area contributed by atoms with Crippen LogP contribution >= 0.6 is 0 Å². The highest BCUT2D eigenvalue weighted by Gasteiger charge is 2.36. The highest BCUT2D eigenvalue weighted by Crippen LogP contribution is 2.54. The third-order valence-corrected chi connectivity index (χ3v) is 15.4. The lowest BCUT2D eigenvalue weighted by Crippen LogP contribution is -2.15. The first-order chi connectivity index (χ1) is 36.4. The zero-order chi connectivity index (χ0) is 49.3. The van der Waals surface area contributed by atoms with Crippen LogP contribution in [-0.4, -0.2) is 0 Å². The Morgan fingerprint density at radius 3 is 1.66 bits per heavy atom. The second-order valence-electron chi connectivity index (χ2n) is 20.1. The van der Waals surface area contributed by atoms with Gasteiger partial charge in [0.25, 0.3) is 0 Å². The first-order valence-corrected chi connectivity index (χ1v) is 25.6. The molecule has 0 fully saturated rings. The Labute approximate surface area is 432 Å². The number of fused-ring (bicyclic) bond motifs is 6. The van der Waals surface area contributed by atoms with E-state index in [1.54, 1.807) is 0 Å². The smallest absolute Gasteiger partial charge is 0.143 e. The van der Waals surface area contributed by atoms with Gasteiger partial charge in [-0.2, -0.15) is 0 Å². The molecule has 3 heteroatoms. The van der Waals surface area contributed by atoms with Crippen molar-refractivity contribution >= 4 is 55.7 Å². The molecule has 1 heterocycles. The van der Waals surface area contributed by atoms with Crippen molar-refractivity contribution < 1.29 is 4.74 Å². The molecule has 350 valence electrons. The largest absolute Gasteiger partial charge is 0.455 e. The molecule has 0 N–H and O–H groups in total. The third kappa shape index (κ3) is 7.19. The fraction of sp³-hybridized carbons (Fsp3) is 0.0423. The van der Waals surface area contributed by atoms with Gasteiger partial charge in [0.05, 0.1) is 5.69 Å². The van der Waals surface area contributed by atoms with Gasteiger partial charge in [-0.05, 0) is 157 Å². The summed E-state index contributed by atoms with van der Waals surface area (Å²) in [7, 11) is 0. The van der Waals surface area contributed by atoms with Crippen molar-refractivity contribution in [1.82, 2.24) is 0 Å². The minimum atomic E-state index is -0.106. The second-order valence-corrected chi connectivity index (χ2v) is 20.1. The van der Waals surface area contributed by atoms with E-state index in [0.29, 0.717) is 0 Å². The van der Waals surface area contributed by atoms with E-state index in [9.17, 15) is 0 Å². The van der Waals surface area contributed by atoms with Crippen LogP contribution in [0.2, 0.25) is 0 Å². The van der Waals surface area contributed by atoms with Gasteiger partial charge in [-0.1, -0.05) is 190 Å². The predicted octanol–water partition coefficient (Wildman–Crippen LogP) is 20.0. The van der Waals surface area contributed by atoms with Crippen molar-refractivity contribution in [2.45, 2.75) is 19.3 Å². The molecule has 14 rings (SSSR count). The zero-order valence-corrected chi connectivity index (χ0v) is 41.2. The van der Waals surface area contributed by atoms with Crippen LogP contribution in [-0.2, 0) is 5.41 Å². The summed E-state index contributed by atoms with van der Waals surface area (Å²) >= 11 is 0. The van der Waals surface area contributed by atoms with Gasteiger partial charge in [0.15, 0.2) is 0 Å². The number of para-hydroxylation sites is 2.